The highest BCUT2D eigenvalue weighted by atomic mass is 32.2. The zero-order valence-electron chi connectivity index (χ0n) is 10.2. The average Bonchev–Trinajstić information content (AvgIpc) is 2.33. The molecule has 0 aromatic carbocycles. The number of piperazine rings is 1. The van der Waals surface area contributed by atoms with E-state index in [9.17, 15) is 8.42 Å². The molecular formula is C10H21N3O3S. The number of ether oxygens (including phenoxy) is 1. The lowest BCUT2D eigenvalue weighted by atomic mass is 9.99. The molecule has 17 heavy (non-hydrogen) atoms. The van der Waals surface area contributed by atoms with Gasteiger partial charge in [0.2, 0.25) is 0 Å². The van der Waals surface area contributed by atoms with Gasteiger partial charge < -0.3 is 10.1 Å². The van der Waals surface area contributed by atoms with Crippen molar-refractivity contribution in [2.45, 2.75) is 19.4 Å². The highest BCUT2D eigenvalue weighted by Gasteiger charge is 2.30. The first-order valence-electron chi connectivity index (χ1n) is 6.15. The van der Waals surface area contributed by atoms with E-state index in [1.165, 1.54) is 4.31 Å². The Bertz CT molecular complexity index is 341. The molecule has 0 aromatic heterocycles. The Morgan fingerprint density at radius 3 is 2.71 bits per heavy atom. The van der Waals surface area contributed by atoms with Crippen molar-refractivity contribution in [2.24, 2.45) is 5.92 Å². The summed E-state index contributed by atoms with van der Waals surface area (Å²) in [7, 11) is -3.33. The molecule has 2 saturated heterocycles. The first kappa shape index (κ1) is 13.2. The highest BCUT2D eigenvalue weighted by molar-refractivity contribution is 7.87. The summed E-state index contributed by atoms with van der Waals surface area (Å²) < 4.78 is 33.9. The lowest BCUT2D eigenvalue weighted by Gasteiger charge is -2.33. The largest absolute Gasteiger partial charge is 0.381 e. The van der Waals surface area contributed by atoms with Gasteiger partial charge in [0, 0.05) is 38.8 Å². The van der Waals surface area contributed by atoms with Crippen LogP contribution in [-0.2, 0) is 14.9 Å². The molecule has 7 heteroatoms. The first-order chi connectivity index (χ1) is 8.09. The van der Waals surface area contributed by atoms with Crippen molar-refractivity contribution >= 4 is 10.2 Å². The van der Waals surface area contributed by atoms with Crippen molar-refractivity contribution in [3.8, 4) is 0 Å². The number of hydrogen-bond acceptors (Lipinski definition) is 4. The van der Waals surface area contributed by atoms with Crippen LogP contribution in [-0.4, -0.2) is 58.2 Å². The van der Waals surface area contributed by atoms with Gasteiger partial charge in [-0.2, -0.15) is 17.4 Å². The summed E-state index contributed by atoms with van der Waals surface area (Å²) >= 11 is 0. The fourth-order valence-corrected chi connectivity index (χ4v) is 3.75. The van der Waals surface area contributed by atoms with Crippen LogP contribution in [0.25, 0.3) is 0 Å². The highest BCUT2D eigenvalue weighted by Crippen LogP contribution is 2.15. The zero-order chi connectivity index (χ0) is 12.3. The Balaban J connectivity index is 1.95. The van der Waals surface area contributed by atoms with E-state index in [4.69, 9.17) is 4.74 Å². The summed E-state index contributed by atoms with van der Waals surface area (Å²) in [4.78, 5) is 0. The monoisotopic (exact) mass is 263 g/mol. The van der Waals surface area contributed by atoms with Crippen LogP contribution in [0.15, 0.2) is 0 Å². The fourth-order valence-electron chi connectivity index (χ4n) is 2.21. The van der Waals surface area contributed by atoms with Crippen LogP contribution < -0.4 is 10.0 Å². The quantitative estimate of drug-likeness (QED) is 0.696. The van der Waals surface area contributed by atoms with Crippen molar-refractivity contribution in [2.75, 3.05) is 39.4 Å². The van der Waals surface area contributed by atoms with Gasteiger partial charge in [0.1, 0.15) is 0 Å². The minimum atomic E-state index is -3.33. The van der Waals surface area contributed by atoms with Crippen LogP contribution in [0.1, 0.15) is 13.3 Å². The second-order valence-electron chi connectivity index (χ2n) is 4.72. The Kier molecular flexibility index (Phi) is 4.37. The smallest absolute Gasteiger partial charge is 0.279 e. The summed E-state index contributed by atoms with van der Waals surface area (Å²) in [5.41, 5.74) is 0. The van der Waals surface area contributed by atoms with Crippen LogP contribution in [0.3, 0.4) is 0 Å². The topological polar surface area (TPSA) is 70.7 Å². The van der Waals surface area contributed by atoms with Gasteiger partial charge in [-0.1, -0.05) is 6.92 Å². The molecule has 0 amide bonds. The molecule has 2 unspecified atom stereocenters. The Hall–Kier alpha value is -0.210. The lowest BCUT2D eigenvalue weighted by Crippen LogP contribution is -2.54. The van der Waals surface area contributed by atoms with Crippen molar-refractivity contribution in [3.63, 3.8) is 0 Å². The molecule has 0 aliphatic carbocycles. The third-order valence-corrected chi connectivity index (χ3v) is 5.00. The van der Waals surface area contributed by atoms with E-state index in [1.807, 2.05) is 6.92 Å². The SMILES string of the molecule is CC1COCCC1NS(=O)(=O)N1CCNCC1. The van der Waals surface area contributed by atoms with Gasteiger partial charge in [0.15, 0.2) is 0 Å². The van der Waals surface area contributed by atoms with E-state index in [-0.39, 0.29) is 12.0 Å². The first-order valence-corrected chi connectivity index (χ1v) is 7.59. The predicted octanol–water partition coefficient (Wildman–Crippen LogP) is -0.849. The molecule has 0 aromatic rings. The van der Waals surface area contributed by atoms with Crippen LogP contribution >= 0.6 is 0 Å². The van der Waals surface area contributed by atoms with Crippen LogP contribution in [0, 0.1) is 5.92 Å². The molecule has 2 atom stereocenters. The lowest BCUT2D eigenvalue weighted by molar-refractivity contribution is 0.0445. The van der Waals surface area contributed by atoms with Gasteiger partial charge in [0.05, 0.1) is 6.61 Å². The summed E-state index contributed by atoms with van der Waals surface area (Å²) in [5.74, 6) is 0.237. The van der Waals surface area contributed by atoms with Crippen LogP contribution in [0.5, 0.6) is 0 Å². The van der Waals surface area contributed by atoms with Crippen molar-refractivity contribution in [1.82, 2.24) is 14.3 Å². The number of nitrogens with zero attached hydrogens (tertiary/aromatic N) is 1. The second-order valence-corrected chi connectivity index (χ2v) is 6.42. The van der Waals surface area contributed by atoms with Gasteiger partial charge in [-0.25, -0.2) is 0 Å². The number of rotatable bonds is 3. The maximum Gasteiger partial charge on any atom is 0.279 e. The summed E-state index contributed by atoms with van der Waals surface area (Å²) in [6.45, 7) is 5.84. The van der Waals surface area contributed by atoms with E-state index >= 15 is 0 Å². The van der Waals surface area contributed by atoms with Crippen LogP contribution in [0.2, 0.25) is 0 Å². The normalized spacial score (nSPS) is 32.5. The third kappa shape index (κ3) is 3.38. The molecular weight excluding hydrogens is 242 g/mol. The maximum absolute atomic E-state index is 12.1. The van der Waals surface area contributed by atoms with E-state index in [1.54, 1.807) is 0 Å². The zero-order valence-corrected chi connectivity index (χ0v) is 11.0. The van der Waals surface area contributed by atoms with Crippen molar-refractivity contribution in [3.05, 3.63) is 0 Å². The molecule has 2 rings (SSSR count). The second kappa shape index (κ2) is 5.62. The molecule has 6 nitrogen and oxygen atoms in total. The predicted molar refractivity (Wildman–Crippen MR) is 64.9 cm³/mol. The molecule has 2 heterocycles. The van der Waals surface area contributed by atoms with E-state index in [2.05, 4.69) is 10.0 Å². The Morgan fingerprint density at radius 1 is 1.35 bits per heavy atom. The van der Waals surface area contributed by atoms with Gasteiger partial charge in [-0.3, -0.25) is 0 Å². The molecule has 2 N–H and O–H groups in total. The van der Waals surface area contributed by atoms with Crippen molar-refractivity contribution < 1.29 is 13.2 Å². The number of hydrogen-bond donors (Lipinski definition) is 2. The average molecular weight is 263 g/mol. The van der Waals surface area contributed by atoms with Gasteiger partial charge in [0.25, 0.3) is 10.2 Å². The summed E-state index contributed by atoms with van der Waals surface area (Å²) in [6.07, 6.45) is 0.756. The summed E-state index contributed by atoms with van der Waals surface area (Å²) in [6, 6.07) is 0.00337. The molecule has 100 valence electrons. The molecule has 2 aliphatic rings. The van der Waals surface area contributed by atoms with E-state index in [0.29, 0.717) is 26.3 Å². The Morgan fingerprint density at radius 2 is 2.06 bits per heavy atom. The summed E-state index contributed by atoms with van der Waals surface area (Å²) in [5, 5.41) is 3.15. The van der Waals surface area contributed by atoms with Gasteiger partial charge in [-0.05, 0) is 12.3 Å². The third-order valence-electron chi connectivity index (χ3n) is 3.36. The van der Waals surface area contributed by atoms with Gasteiger partial charge >= 0.3 is 0 Å². The molecule has 0 saturated carbocycles. The molecule has 0 spiro atoms. The molecule has 0 radical (unpaired) electrons. The minimum Gasteiger partial charge on any atom is -0.381 e. The molecule has 0 bridgehead atoms. The maximum atomic E-state index is 12.1. The van der Waals surface area contributed by atoms with Gasteiger partial charge in [-0.15, -0.1) is 0 Å². The molecule has 2 fully saturated rings. The van der Waals surface area contributed by atoms with E-state index in [0.717, 1.165) is 19.5 Å². The van der Waals surface area contributed by atoms with Crippen molar-refractivity contribution in [1.29, 1.82) is 0 Å². The molecule has 2 aliphatic heterocycles. The van der Waals surface area contributed by atoms with Crippen LogP contribution in [0.4, 0.5) is 0 Å². The number of nitrogens with one attached hydrogen (secondary N) is 2. The Labute approximate surface area is 103 Å². The van der Waals surface area contributed by atoms with E-state index < -0.39 is 10.2 Å². The fraction of sp³-hybridized carbons (Fsp3) is 1.00. The minimum absolute atomic E-state index is 0.00337. The standard InChI is InChI=1S/C10H21N3O3S/c1-9-8-16-7-2-10(9)12-17(14,15)13-5-3-11-4-6-13/h9-12H,2-8H2,1H3.